The lowest BCUT2D eigenvalue weighted by atomic mass is 10.2. The van der Waals surface area contributed by atoms with Gasteiger partial charge < -0.3 is 4.74 Å². The number of aromatic nitrogens is 2. The van der Waals surface area contributed by atoms with Crippen LogP contribution in [0.5, 0.6) is 5.75 Å². The summed E-state index contributed by atoms with van der Waals surface area (Å²) in [6.07, 6.45) is 1.87. The van der Waals surface area contributed by atoms with E-state index in [4.69, 9.17) is 16.3 Å². The molecule has 0 atom stereocenters. The Morgan fingerprint density at radius 3 is 2.58 bits per heavy atom. The molecule has 0 aliphatic carbocycles. The number of halogens is 1. The summed E-state index contributed by atoms with van der Waals surface area (Å²) in [7, 11) is 3.64. The van der Waals surface area contributed by atoms with E-state index in [0.29, 0.717) is 11.7 Å². The number of benzene rings is 2. The first kappa shape index (κ1) is 18.3. The molecule has 1 heterocycles. The second kappa shape index (κ2) is 7.81. The summed E-state index contributed by atoms with van der Waals surface area (Å²) < 4.78 is 8.67. The highest BCUT2D eigenvalue weighted by Gasteiger charge is 2.12. The molecule has 0 spiro atoms. The standard InChI is InChI=1S/C20H22ClN3O2/c1-15-12-23(20(25)24(15)18-9-7-17(21)8-10-18)14-22(2)13-16-5-4-6-19(11-16)26-3/h4-12H,13-14H2,1-3H3. The summed E-state index contributed by atoms with van der Waals surface area (Å²) in [5.41, 5.74) is 2.76. The van der Waals surface area contributed by atoms with Gasteiger partial charge in [-0.1, -0.05) is 23.7 Å². The van der Waals surface area contributed by atoms with E-state index < -0.39 is 0 Å². The number of hydrogen-bond donors (Lipinski definition) is 0. The second-order valence-electron chi connectivity index (χ2n) is 6.34. The smallest absolute Gasteiger partial charge is 0.334 e. The number of methoxy groups -OCH3 is 1. The van der Waals surface area contributed by atoms with Crippen LogP contribution in [0.4, 0.5) is 0 Å². The van der Waals surface area contributed by atoms with Gasteiger partial charge in [0.25, 0.3) is 0 Å². The molecule has 0 aliphatic rings. The molecule has 6 heteroatoms. The van der Waals surface area contributed by atoms with Crippen LogP contribution < -0.4 is 10.4 Å². The third kappa shape index (κ3) is 4.00. The van der Waals surface area contributed by atoms with Crippen LogP contribution in [0.2, 0.25) is 5.02 Å². The molecule has 2 aromatic carbocycles. The van der Waals surface area contributed by atoms with Gasteiger partial charge in [-0.2, -0.15) is 0 Å². The number of nitrogens with zero attached hydrogens (tertiary/aromatic N) is 3. The Kier molecular flexibility index (Phi) is 5.49. The summed E-state index contributed by atoms with van der Waals surface area (Å²) in [5.74, 6) is 0.831. The largest absolute Gasteiger partial charge is 0.497 e. The Balaban J connectivity index is 1.78. The van der Waals surface area contributed by atoms with Crippen molar-refractivity contribution in [3.63, 3.8) is 0 Å². The highest BCUT2D eigenvalue weighted by molar-refractivity contribution is 6.30. The summed E-state index contributed by atoms with van der Waals surface area (Å²) in [4.78, 5) is 14.9. The average Bonchev–Trinajstić information content (AvgIpc) is 2.89. The van der Waals surface area contributed by atoms with Crippen molar-refractivity contribution in [2.24, 2.45) is 0 Å². The van der Waals surface area contributed by atoms with Gasteiger partial charge >= 0.3 is 5.69 Å². The van der Waals surface area contributed by atoms with Crippen molar-refractivity contribution < 1.29 is 4.74 Å². The number of ether oxygens (including phenoxy) is 1. The predicted molar refractivity (Wildman–Crippen MR) is 104 cm³/mol. The molecule has 0 amide bonds. The number of aryl methyl sites for hydroxylation is 1. The fourth-order valence-corrected chi connectivity index (χ4v) is 3.14. The maximum Gasteiger partial charge on any atom is 0.334 e. The first-order chi connectivity index (χ1) is 12.5. The molecule has 136 valence electrons. The van der Waals surface area contributed by atoms with E-state index in [1.807, 2.05) is 56.6 Å². The molecule has 26 heavy (non-hydrogen) atoms. The van der Waals surface area contributed by atoms with Crippen LogP contribution in [0.15, 0.2) is 59.5 Å². The summed E-state index contributed by atoms with van der Waals surface area (Å²) in [6, 6.07) is 15.2. The van der Waals surface area contributed by atoms with Gasteiger partial charge in [-0.25, -0.2) is 4.79 Å². The Labute approximate surface area is 158 Å². The fourth-order valence-electron chi connectivity index (χ4n) is 3.02. The van der Waals surface area contributed by atoms with Gasteiger partial charge in [-0.3, -0.25) is 14.0 Å². The van der Waals surface area contributed by atoms with E-state index in [1.165, 1.54) is 0 Å². The number of rotatable bonds is 6. The third-order valence-electron chi connectivity index (χ3n) is 4.20. The van der Waals surface area contributed by atoms with Crippen molar-refractivity contribution >= 4 is 11.6 Å². The van der Waals surface area contributed by atoms with Gasteiger partial charge in [-0.05, 0) is 55.9 Å². The Morgan fingerprint density at radius 1 is 1.15 bits per heavy atom. The van der Waals surface area contributed by atoms with E-state index in [-0.39, 0.29) is 5.69 Å². The van der Waals surface area contributed by atoms with E-state index in [1.54, 1.807) is 28.4 Å². The van der Waals surface area contributed by atoms with Crippen LogP contribution >= 0.6 is 11.6 Å². The van der Waals surface area contributed by atoms with E-state index in [9.17, 15) is 4.79 Å². The zero-order valence-electron chi connectivity index (χ0n) is 15.1. The summed E-state index contributed by atoms with van der Waals surface area (Å²) in [6.45, 7) is 3.14. The van der Waals surface area contributed by atoms with Crippen molar-refractivity contribution in [1.29, 1.82) is 0 Å². The first-order valence-corrected chi connectivity index (χ1v) is 8.72. The molecule has 0 radical (unpaired) electrons. The van der Waals surface area contributed by atoms with Crippen LogP contribution in [0.1, 0.15) is 11.3 Å². The van der Waals surface area contributed by atoms with Crippen molar-refractivity contribution in [1.82, 2.24) is 14.0 Å². The molecule has 3 rings (SSSR count). The number of imidazole rings is 1. The molecule has 0 fully saturated rings. The van der Waals surface area contributed by atoms with Crippen molar-refractivity contribution in [3.8, 4) is 11.4 Å². The van der Waals surface area contributed by atoms with E-state index in [0.717, 1.165) is 29.2 Å². The molecule has 3 aromatic rings. The Bertz CT molecular complexity index is 944. The lowest BCUT2D eigenvalue weighted by Crippen LogP contribution is -2.30. The van der Waals surface area contributed by atoms with Gasteiger partial charge in [0.15, 0.2) is 0 Å². The van der Waals surface area contributed by atoms with Gasteiger partial charge in [0.05, 0.1) is 19.5 Å². The molecular formula is C20H22ClN3O2. The highest BCUT2D eigenvalue weighted by atomic mass is 35.5. The monoisotopic (exact) mass is 371 g/mol. The minimum absolute atomic E-state index is 0.0673. The maximum absolute atomic E-state index is 12.8. The van der Waals surface area contributed by atoms with Crippen molar-refractivity contribution in [2.75, 3.05) is 14.2 Å². The normalized spacial score (nSPS) is 11.1. The van der Waals surface area contributed by atoms with Crippen LogP contribution in [0.3, 0.4) is 0 Å². The Hall–Kier alpha value is -2.50. The molecular weight excluding hydrogens is 350 g/mol. The SMILES string of the molecule is COc1cccc(CN(C)Cn2cc(C)n(-c3ccc(Cl)cc3)c2=O)c1. The van der Waals surface area contributed by atoms with Crippen molar-refractivity contribution in [2.45, 2.75) is 20.1 Å². The minimum Gasteiger partial charge on any atom is -0.497 e. The molecule has 0 saturated heterocycles. The maximum atomic E-state index is 12.8. The van der Waals surface area contributed by atoms with Crippen molar-refractivity contribution in [3.05, 3.63) is 81.5 Å². The summed E-state index contributed by atoms with van der Waals surface area (Å²) in [5, 5.41) is 0.650. The highest BCUT2D eigenvalue weighted by Crippen LogP contribution is 2.15. The molecule has 5 nitrogen and oxygen atoms in total. The predicted octanol–water partition coefficient (Wildman–Crippen LogP) is 3.70. The third-order valence-corrected chi connectivity index (χ3v) is 4.45. The van der Waals surface area contributed by atoms with Crippen LogP contribution in [0, 0.1) is 6.92 Å². The van der Waals surface area contributed by atoms with Gasteiger partial charge in [-0.15, -0.1) is 0 Å². The molecule has 0 saturated carbocycles. The zero-order chi connectivity index (χ0) is 18.7. The molecule has 0 bridgehead atoms. The lowest BCUT2D eigenvalue weighted by molar-refractivity contribution is 0.256. The Morgan fingerprint density at radius 2 is 1.88 bits per heavy atom. The van der Waals surface area contributed by atoms with Gasteiger partial charge in [0.2, 0.25) is 0 Å². The molecule has 0 N–H and O–H groups in total. The quantitative estimate of drug-likeness (QED) is 0.663. The van der Waals surface area contributed by atoms with Gasteiger partial charge in [0, 0.05) is 23.5 Å². The van der Waals surface area contributed by atoms with E-state index >= 15 is 0 Å². The lowest BCUT2D eigenvalue weighted by Gasteiger charge is -2.17. The summed E-state index contributed by atoms with van der Waals surface area (Å²) >= 11 is 5.94. The van der Waals surface area contributed by atoms with E-state index in [2.05, 4.69) is 4.90 Å². The number of hydrogen-bond acceptors (Lipinski definition) is 3. The fraction of sp³-hybridized carbons (Fsp3) is 0.250. The van der Waals surface area contributed by atoms with Crippen LogP contribution in [-0.4, -0.2) is 28.2 Å². The molecule has 0 unspecified atom stereocenters. The zero-order valence-corrected chi connectivity index (χ0v) is 15.9. The van der Waals surface area contributed by atoms with Crippen LogP contribution in [0.25, 0.3) is 5.69 Å². The average molecular weight is 372 g/mol. The molecule has 1 aromatic heterocycles. The topological polar surface area (TPSA) is 39.4 Å². The van der Waals surface area contributed by atoms with Crippen LogP contribution in [-0.2, 0) is 13.2 Å². The first-order valence-electron chi connectivity index (χ1n) is 8.34. The van der Waals surface area contributed by atoms with Gasteiger partial charge in [0.1, 0.15) is 5.75 Å². The molecule has 0 aliphatic heterocycles. The minimum atomic E-state index is -0.0673. The second-order valence-corrected chi connectivity index (χ2v) is 6.78.